The van der Waals surface area contributed by atoms with Gasteiger partial charge in [-0.15, -0.1) is 11.3 Å². The highest BCUT2D eigenvalue weighted by Crippen LogP contribution is 2.37. The van der Waals surface area contributed by atoms with Crippen LogP contribution in [0.3, 0.4) is 0 Å². The van der Waals surface area contributed by atoms with E-state index < -0.39 is 23.4 Å². The van der Waals surface area contributed by atoms with Crippen molar-refractivity contribution in [2.75, 3.05) is 39.8 Å². The number of hydrogen-bond donors (Lipinski definition) is 1. The maximum Gasteiger partial charge on any atom is 0.410 e. The average Bonchev–Trinajstić information content (AvgIpc) is 3.41. The second-order valence-electron chi connectivity index (χ2n) is 10.9. The molecule has 3 unspecified atom stereocenters. The first-order chi connectivity index (χ1) is 19.0. The number of nitrogens with one attached hydrogen (secondary N) is 1. The van der Waals surface area contributed by atoms with Crippen molar-refractivity contribution in [3.8, 4) is 0 Å². The Morgan fingerprint density at radius 3 is 2.55 bits per heavy atom. The number of amides is 1. The van der Waals surface area contributed by atoms with Crippen LogP contribution in [-0.4, -0.2) is 90.3 Å². The zero-order chi connectivity index (χ0) is 28.6. The second kappa shape index (κ2) is 11.4. The highest BCUT2D eigenvalue weighted by Gasteiger charge is 2.40. The lowest BCUT2D eigenvalue weighted by atomic mass is 9.95. The molecular weight excluding hydrogens is 561 g/mol. The smallest absolute Gasteiger partial charge is 0.410 e. The minimum Gasteiger partial charge on any atom is -0.466 e. The number of aromatic nitrogens is 1. The third-order valence-corrected chi connectivity index (χ3v) is 7.72. The molecule has 214 valence electrons. The molecule has 0 radical (unpaired) electrons. The van der Waals surface area contributed by atoms with Gasteiger partial charge in [-0.05, 0) is 32.9 Å². The van der Waals surface area contributed by atoms with Crippen molar-refractivity contribution in [1.29, 1.82) is 0 Å². The Balaban J connectivity index is 1.43. The van der Waals surface area contributed by atoms with Gasteiger partial charge in [0, 0.05) is 47.5 Å². The van der Waals surface area contributed by atoms with Crippen LogP contribution in [0.2, 0.25) is 5.02 Å². The minimum atomic E-state index is -0.834. The Labute approximate surface area is 240 Å². The van der Waals surface area contributed by atoms with E-state index in [1.54, 1.807) is 11.1 Å². The number of morpholine rings is 2. The summed E-state index contributed by atoms with van der Waals surface area (Å²) in [6.07, 6.45) is 0.871. The van der Waals surface area contributed by atoms with Gasteiger partial charge in [0.2, 0.25) is 0 Å². The predicted octanol–water partition coefficient (Wildman–Crippen LogP) is 3.77. The molecule has 2 fully saturated rings. The second-order valence-corrected chi connectivity index (χ2v) is 12.2. The standard InChI is InChI=1S/C27H31ClFN5O5S/c1-27(2,3)39-26(36)34-12-16-10-33(11-17(13-34)38-16)14-20-21(25(35)37-4)22(18-6-5-15(29)9-19(18)28)32-23(31-20)24-30-7-8-40-24/h5-9,16-17,22H,10-14H2,1-4H3,(H,31,32). The summed E-state index contributed by atoms with van der Waals surface area (Å²) in [4.78, 5) is 38.9. The van der Waals surface area contributed by atoms with E-state index in [4.69, 9.17) is 30.8 Å². The van der Waals surface area contributed by atoms with Crippen LogP contribution in [0, 0.1) is 5.82 Å². The van der Waals surface area contributed by atoms with Crippen molar-refractivity contribution >= 4 is 40.8 Å². The minimum absolute atomic E-state index is 0.151. The molecule has 2 bridgehead atoms. The number of amidine groups is 1. The number of thiazole rings is 1. The molecule has 0 spiro atoms. The molecule has 2 aromatic rings. The van der Waals surface area contributed by atoms with Crippen molar-refractivity contribution in [2.24, 2.45) is 4.99 Å². The molecule has 10 nitrogen and oxygen atoms in total. The number of carbonyl (C=O) groups excluding carboxylic acids is 2. The van der Waals surface area contributed by atoms with Gasteiger partial charge in [-0.3, -0.25) is 9.89 Å². The summed E-state index contributed by atoms with van der Waals surface area (Å²) in [6.45, 7) is 7.74. The molecule has 40 heavy (non-hydrogen) atoms. The summed E-state index contributed by atoms with van der Waals surface area (Å²) in [7, 11) is 1.31. The average molecular weight is 592 g/mol. The number of benzene rings is 1. The quantitative estimate of drug-likeness (QED) is 0.524. The summed E-state index contributed by atoms with van der Waals surface area (Å²) in [5, 5.41) is 5.93. The van der Waals surface area contributed by atoms with Gasteiger partial charge in [0.25, 0.3) is 0 Å². The molecule has 5 rings (SSSR count). The van der Waals surface area contributed by atoms with Crippen LogP contribution < -0.4 is 5.32 Å². The van der Waals surface area contributed by atoms with E-state index >= 15 is 0 Å². The zero-order valence-electron chi connectivity index (χ0n) is 22.6. The van der Waals surface area contributed by atoms with E-state index in [1.165, 1.54) is 36.6 Å². The first-order valence-corrected chi connectivity index (χ1v) is 14.1. The molecule has 1 aromatic carbocycles. The first-order valence-electron chi connectivity index (χ1n) is 12.9. The number of fused-ring (bicyclic) bond motifs is 2. The fourth-order valence-electron chi connectivity index (χ4n) is 5.07. The normalized spacial score (nSPS) is 23.4. The van der Waals surface area contributed by atoms with Crippen molar-refractivity contribution in [3.63, 3.8) is 0 Å². The van der Waals surface area contributed by atoms with Crippen molar-refractivity contribution < 1.29 is 28.2 Å². The van der Waals surface area contributed by atoms with Crippen LogP contribution in [0.15, 0.2) is 46.0 Å². The fraction of sp³-hybridized carbons (Fsp3) is 0.481. The van der Waals surface area contributed by atoms with Crippen molar-refractivity contribution in [1.82, 2.24) is 20.1 Å². The summed E-state index contributed by atoms with van der Waals surface area (Å²) < 4.78 is 30.8. The van der Waals surface area contributed by atoms with Gasteiger partial charge in [-0.2, -0.15) is 0 Å². The molecule has 1 amide bonds. The molecule has 0 saturated carbocycles. The number of carbonyl (C=O) groups is 2. The predicted molar refractivity (Wildman–Crippen MR) is 148 cm³/mol. The molecule has 3 aliphatic rings. The number of hydrogen-bond acceptors (Lipinski definition) is 10. The van der Waals surface area contributed by atoms with E-state index in [-0.39, 0.29) is 28.9 Å². The Kier molecular flexibility index (Phi) is 8.14. The van der Waals surface area contributed by atoms with Gasteiger partial charge in [0.15, 0.2) is 10.8 Å². The Morgan fingerprint density at radius 1 is 1.23 bits per heavy atom. The van der Waals surface area contributed by atoms with E-state index in [1.807, 2.05) is 26.2 Å². The number of esters is 1. The zero-order valence-corrected chi connectivity index (χ0v) is 24.2. The van der Waals surface area contributed by atoms with Gasteiger partial charge in [0.1, 0.15) is 17.5 Å². The van der Waals surface area contributed by atoms with Crippen LogP contribution >= 0.6 is 22.9 Å². The highest BCUT2D eigenvalue weighted by atomic mass is 35.5. The Bertz CT molecular complexity index is 1330. The molecular formula is C27H31ClFN5O5S. The van der Waals surface area contributed by atoms with Crippen LogP contribution in [0.1, 0.15) is 37.4 Å². The monoisotopic (exact) mass is 591 g/mol. The molecule has 1 N–H and O–H groups in total. The van der Waals surface area contributed by atoms with E-state index in [0.29, 0.717) is 54.8 Å². The lowest BCUT2D eigenvalue weighted by Crippen LogP contribution is -2.61. The molecule has 3 aliphatic heterocycles. The van der Waals surface area contributed by atoms with Gasteiger partial charge in [0.05, 0.1) is 38.0 Å². The number of halogens is 2. The molecule has 3 atom stereocenters. The Hall–Kier alpha value is -3.06. The molecule has 13 heteroatoms. The molecule has 1 aromatic heterocycles. The maximum absolute atomic E-state index is 13.9. The lowest BCUT2D eigenvalue weighted by molar-refractivity contribution is -0.137. The van der Waals surface area contributed by atoms with E-state index in [2.05, 4.69) is 15.2 Å². The molecule has 0 aliphatic carbocycles. The van der Waals surface area contributed by atoms with E-state index in [0.717, 1.165) is 0 Å². The van der Waals surface area contributed by atoms with Gasteiger partial charge >= 0.3 is 12.1 Å². The topological polar surface area (TPSA) is 106 Å². The number of rotatable bonds is 5. The number of aliphatic imine (C=N–C) groups is 1. The van der Waals surface area contributed by atoms with Crippen molar-refractivity contribution in [3.05, 3.63) is 62.5 Å². The Morgan fingerprint density at radius 2 is 1.95 bits per heavy atom. The summed E-state index contributed by atoms with van der Waals surface area (Å²) >= 11 is 7.84. The largest absolute Gasteiger partial charge is 0.466 e. The summed E-state index contributed by atoms with van der Waals surface area (Å²) in [5.74, 6) is -0.581. The molecule has 4 heterocycles. The SMILES string of the molecule is COC(=O)C1=C(CN2CC3CN(C(=O)OC(C)(C)C)CC(C2)O3)NC(c2nccs2)=NC1c1ccc(F)cc1Cl. The number of methoxy groups -OCH3 is 1. The van der Waals surface area contributed by atoms with Crippen LogP contribution in [0.5, 0.6) is 0 Å². The van der Waals surface area contributed by atoms with Crippen molar-refractivity contribution in [2.45, 2.75) is 44.6 Å². The molecule has 2 saturated heterocycles. The fourth-order valence-corrected chi connectivity index (χ4v) is 5.93. The third-order valence-electron chi connectivity index (χ3n) is 6.61. The lowest BCUT2D eigenvalue weighted by Gasteiger charge is -2.46. The summed E-state index contributed by atoms with van der Waals surface area (Å²) in [5.41, 5.74) is 0.758. The summed E-state index contributed by atoms with van der Waals surface area (Å²) in [6, 6.07) is 3.18. The number of ether oxygens (including phenoxy) is 3. The van der Waals surface area contributed by atoms with Crippen LogP contribution in [-0.2, 0) is 19.0 Å². The third kappa shape index (κ3) is 6.30. The first kappa shape index (κ1) is 28.5. The van der Waals surface area contributed by atoms with Crippen LogP contribution in [0.4, 0.5) is 9.18 Å². The maximum atomic E-state index is 13.9. The van der Waals surface area contributed by atoms with Gasteiger partial charge < -0.3 is 24.4 Å². The van der Waals surface area contributed by atoms with Gasteiger partial charge in [-0.25, -0.2) is 19.0 Å². The number of nitrogens with zero attached hydrogens (tertiary/aromatic N) is 4. The van der Waals surface area contributed by atoms with Gasteiger partial charge in [-0.1, -0.05) is 17.7 Å². The van der Waals surface area contributed by atoms with E-state index in [9.17, 15) is 14.0 Å². The highest BCUT2D eigenvalue weighted by molar-refractivity contribution is 7.11. The van der Waals surface area contributed by atoms with Crippen LogP contribution in [0.25, 0.3) is 0 Å².